The summed E-state index contributed by atoms with van der Waals surface area (Å²) in [7, 11) is 0. The predicted molar refractivity (Wildman–Crippen MR) is 92.3 cm³/mol. The van der Waals surface area contributed by atoms with Gasteiger partial charge in [-0.3, -0.25) is 4.79 Å². The standard InChI is InChI=1S/C18H27N3OS/c1-13-19-16(12-23-13)10-21-9-15-8-20(11-17(15)18(21)22)7-14-5-3-2-4-6-14/h12,14-15,17H,2-11H2,1H3/t15-,17-/m0/s1. The lowest BCUT2D eigenvalue weighted by Gasteiger charge is -2.28. The number of likely N-dealkylation sites (tertiary alicyclic amines) is 2. The second kappa shape index (κ2) is 6.52. The van der Waals surface area contributed by atoms with Crippen LogP contribution in [0.4, 0.5) is 0 Å². The number of nitrogens with zero attached hydrogens (tertiary/aromatic N) is 3. The molecule has 0 N–H and O–H groups in total. The zero-order chi connectivity index (χ0) is 15.8. The highest BCUT2D eigenvalue weighted by Gasteiger charge is 2.46. The van der Waals surface area contributed by atoms with E-state index >= 15 is 0 Å². The third kappa shape index (κ3) is 3.31. The highest BCUT2D eigenvalue weighted by atomic mass is 32.1. The molecule has 0 spiro atoms. The number of hydrogen-bond donors (Lipinski definition) is 0. The summed E-state index contributed by atoms with van der Waals surface area (Å²) in [6.07, 6.45) is 7.03. The molecule has 4 rings (SSSR count). The number of aromatic nitrogens is 1. The van der Waals surface area contributed by atoms with Crippen molar-refractivity contribution >= 4 is 17.2 Å². The van der Waals surface area contributed by atoms with Crippen molar-refractivity contribution in [2.45, 2.75) is 45.6 Å². The average Bonchev–Trinajstić information content (AvgIpc) is 3.20. The van der Waals surface area contributed by atoms with Gasteiger partial charge in [0.2, 0.25) is 5.91 Å². The molecule has 0 unspecified atom stereocenters. The van der Waals surface area contributed by atoms with E-state index in [1.807, 2.05) is 11.8 Å². The lowest BCUT2D eigenvalue weighted by molar-refractivity contribution is -0.131. The maximum atomic E-state index is 12.7. The molecule has 3 fully saturated rings. The predicted octanol–water partition coefficient (Wildman–Crippen LogP) is 2.92. The molecule has 2 atom stereocenters. The minimum absolute atomic E-state index is 0.248. The number of fused-ring (bicyclic) bond motifs is 1. The van der Waals surface area contributed by atoms with E-state index in [0.29, 0.717) is 18.4 Å². The molecule has 23 heavy (non-hydrogen) atoms. The van der Waals surface area contributed by atoms with Gasteiger partial charge >= 0.3 is 0 Å². The quantitative estimate of drug-likeness (QED) is 0.850. The third-order valence-corrected chi connectivity index (χ3v) is 6.68. The minimum Gasteiger partial charge on any atom is -0.336 e. The Morgan fingerprint density at radius 1 is 1.22 bits per heavy atom. The Balaban J connectivity index is 1.31. The summed E-state index contributed by atoms with van der Waals surface area (Å²) in [6.45, 7) is 7.01. The van der Waals surface area contributed by atoms with Crippen molar-refractivity contribution in [3.8, 4) is 0 Å². The zero-order valence-corrected chi connectivity index (χ0v) is 14.9. The van der Waals surface area contributed by atoms with Gasteiger partial charge in [-0.1, -0.05) is 19.3 Å². The Hall–Kier alpha value is -0.940. The van der Waals surface area contributed by atoms with Crippen LogP contribution in [0, 0.1) is 24.7 Å². The number of aryl methyl sites for hydroxylation is 1. The largest absolute Gasteiger partial charge is 0.336 e. The molecular formula is C18H27N3OS. The maximum Gasteiger partial charge on any atom is 0.227 e. The molecule has 1 aromatic rings. The van der Waals surface area contributed by atoms with Crippen LogP contribution < -0.4 is 0 Å². The first kappa shape index (κ1) is 15.6. The van der Waals surface area contributed by atoms with Gasteiger partial charge < -0.3 is 9.80 Å². The zero-order valence-electron chi connectivity index (χ0n) is 14.0. The first-order chi connectivity index (χ1) is 11.2. The first-order valence-electron chi connectivity index (χ1n) is 9.11. The van der Waals surface area contributed by atoms with E-state index < -0.39 is 0 Å². The van der Waals surface area contributed by atoms with Crippen LogP contribution in [-0.2, 0) is 11.3 Å². The monoisotopic (exact) mass is 333 g/mol. The fourth-order valence-corrected chi connectivity index (χ4v) is 5.34. The van der Waals surface area contributed by atoms with E-state index in [-0.39, 0.29) is 5.92 Å². The van der Waals surface area contributed by atoms with Gasteiger partial charge in [0, 0.05) is 37.5 Å². The molecule has 0 radical (unpaired) electrons. The first-order valence-corrected chi connectivity index (χ1v) is 9.99. The van der Waals surface area contributed by atoms with E-state index in [4.69, 9.17) is 0 Å². The Kier molecular flexibility index (Phi) is 4.41. The average molecular weight is 334 g/mol. The van der Waals surface area contributed by atoms with Crippen LogP contribution in [-0.4, -0.2) is 46.9 Å². The molecule has 1 aromatic heterocycles. The van der Waals surface area contributed by atoms with Gasteiger partial charge in [-0.15, -0.1) is 11.3 Å². The van der Waals surface area contributed by atoms with Crippen LogP contribution in [0.2, 0.25) is 0 Å². The number of hydrogen-bond acceptors (Lipinski definition) is 4. The smallest absolute Gasteiger partial charge is 0.227 e. The van der Waals surface area contributed by atoms with E-state index in [1.165, 1.54) is 38.6 Å². The summed E-state index contributed by atoms with van der Waals surface area (Å²) in [6, 6.07) is 0. The molecule has 2 aliphatic heterocycles. The van der Waals surface area contributed by atoms with Gasteiger partial charge in [0.05, 0.1) is 23.2 Å². The molecule has 1 aliphatic carbocycles. The summed E-state index contributed by atoms with van der Waals surface area (Å²) >= 11 is 1.67. The minimum atomic E-state index is 0.248. The van der Waals surface area contributed by atoms with Crippen molar-refractivity contribution < 1.29 is 4.79 Å². The molecule has 0 aromatic carbocycles. The molecule has 3 aliphatic rings. The van der Waals surface area contributed by atoms with Gasteiger partial charge in [0.15, 0.2) is 0 Å². The van der Waals surface area contributed by atoms with Gasteiger partial charge in [-0.05, 0) is 25.7 Å². The van der Waals surface area contributed by atoms with Gasteiger partial charge in [-0.25, -0.2) is 4.98 Å². The summed E-state index contributed by atoms with van der Waals surface area (Å²) in [4.78, 5) is 21.8. The second-order valence-corrected chi connectivity index (χ2v) is 8.73. The van der Waals surface area contributed by atoms with Crippen LogP contribution in [0.15, 0.2) is 5.38 Å². The summed E-state index contributed by atoms with van der Waals surface area (Å²) < 4.78 is 0. The van der Waals surface area contributed by atoms with Crippen molar-refractivity contribution in [3.05, 3.63) is 16.1 Å². The van der Waals surface area contributed by atoms with E-state index in [9.17, 15) is 4.79 Å². The normalized spacial score (nSPS) is 29.4. The summed E-state index contributed by atoms with van der Waals surface area (Å²) in [5, 5.41) is 3.18. The van der Waals surface area contributed by atoms with Crippen molar-refractivity contribution in [1.29, 1.82) is 0 Å². The molecule has 126 valence electrons. The van der Waals surface area contributed by atoms with Crippen molar-refractivity contribution in [3.63, 3.8) is 0 Å². The van der Waals surface area contributed by atoms with Crippen molar-refractivity contribution in [1.82, 2.24) is 14.8 Å². The Labute approximate surface area is 142 Å². The number of carbonyl (C=O) groups excluding carboxylic acids is 1. The van der Waals surface area contributed by atoms with Gasteiger partial charge in [-0.2, -0.15) is 0 Å². The van der Waals surface area contributed by atoms with Crippen LogP contribution in [0.5, 0.6) is 0 Å². The van der Waals surface area contributed by atoms with Crippen LogP contribution in [0.25, 0.3) is 0 Å². The van der Waals surface area contributed by atoms with E-state index in [1.54, 1.807) is 11.3 Å². The molecule has 1 amide bonds. The van der Waals surface area contributed by atoms with E-state index in [2.05, 4.69) is 15.3 Å². The molecule has 1 saturated carbocycles. The number of carbonyl (C=O) groups is 1. The molecule has 0 bridgehead atoms. The van der Waals surface area contributed by atoms with Gasteiger partial charge in [0.1, 0.15) is 0 Å². The number of rotatable bonds is 4. The molecule has 5 heteroatoms. The van der Waals surface area contributed by atoms with Crippen LogP contribution >= 0.6 is 11.3 Å². The summed E-state index contributed by atoms with van der Waals surface area (Å²) in [5.74, 6) is 2.04. The lowest BCUT2D eigenvalue weighted by Crippen LogP contribution is -2.35. The Morgan fingerprint density at radius 3 is 2.74 bits per heavy atom. The lowest BCUT2D eigenvalue weighted by atomic mass is 9.89. The van der Waals surface area contributed by atoms with E-state index in [0.717, 1.165) is 36.3 Å². The van der Waals surface area contributed by atoms with Gasteiger partial charge in [0.25, 0.3) is 0 Å². The fourth-order valence-electron chi connectivity index (χ4n) is 4.74. The molecule has 4 nitrogen and oxygen atoms in total. The maximum absolute atomic E-state index is 12.7. The van der Waals surface area contributed by atoms with Crippen molar-refractivity contribution in [2.75, 3.05) is 26.2 Å². The number of amides is 1. The molecule has 2 saturated heterocycles. The van der Waals surface area contributed by atoms with Crippen LogP contribution in [0.1, 0.15) is 42.8 Å². The summed E-state index contributed by atoms with van der Waals surface area (Å²) in [5.41, 5.74) is 1.06. The molecular weight excluding hydrogens is 306 g/mol. The SMILES string of the molecule is Cc1nc(CN2C[C@@H]3CN(CC4CCCCC4)C[C@@H]3C2=O)cs1. The third-order valence-electron chi connectivity index (χ3n) is 5.86. The highest BCUT2D eigenvalue weighted by Crippen LogP contribution is 2.35. The number of thiazole rings is 1. The Bertz CT molecular complexity index is 566. The fraction of sp³-hybridized carbons (Fsp3) is 0.778. The topological polar surface area (TPSA) is 36.4 Å². The highest BCUT2D eigenvalue weighted by molar-refractivity contribution is 7.09. The van der Waals surface area contributed by atoms with Crippen molar-refractivity contribution in [2.24, 2.45) is 17.8 Å². The second-order valence-electron chi connectivity index (χ2n) is 7.67. The Morgan fingerprint density at radius 2 is 2.04 bits per heavy atom. The molecule has 3 heterocycles. The van der Waals surface area contributed by atoms with Crippen LogP contribution in [0.3, 0.4) is 0 Å².